The van der Waals surface area contributed by atoms with Crippen molar-refractivity contribution in [2.24, 2.45) is 0 Å². The number of sulfonamides is 2. The monoisotopic (exact) mass is 658 g/mol. The van der Waals surface area contributed by atoms with Crippen LogP contribution in [-0.2, 0) is 29.6 Å². The first-order valence-electron chi connectivity index (χ1n) is 14.2. The number of carboxylic acids is 2. The maximum atomic E-state index is 13.3. The van der Waals surface area contributed by atoms with Gasteiger partial charge in [-0.15, -0.1) is 0 Å². The van der Waals surface area contributed by atoms with Gasteiger partial charge in [0, 0.05) is 37.1 Å². The lowest BCUT2D eigenvalue weighted by atomic mass is 10.0. The van der Waals surface area contributed by atoms with Crippen LogP contribution in [0.5, 0.6) is 0 Å². The van der Waals surface area contributed by atoms with Crippen molar-refractivity contribution in [2.75, 3.05) is 13.1 Å². The van der Waals surface area contributed by atoms with Crippen molar-refractivity contribution >= 4 is 49.4 Å². The van der Waals surface area contributed by atoms with Gasteiger partial charge in [0.25, 0.3) is 0 Å². The molecule has 0 heterocycles. The van der Waals surface area contributed by atoms with Crippen molar-refractivity contribution in [3.05, 3.63) is 58.6 Å². The van der Waals surface area contributed by atoms with Gasteiger partial charge in [-0.2, -0.15) is 0 Å². The highest BCUT2D eigenvalue weighted by atomic mass is 35.5. The number of carboxylic acid groups (broad SMARTS) is 2. The van der Waals surface area contributed by atoms with E-state index in [2.05, 4.69) is 9.44 Å². The number of hydrogen-bond acceptors (Lipinski definition) is 7. The zero-order chi connectivity index (χ0) is 31.9. The third-order valence-corrected chi connectivity index (χ3v) is 9.87. The van der Waals surface area contributed by atoms with Crippen LogP contribution >= 0.6 is 11.6 Å². The predicted octanol–water partition coefficient (Wildman–Crippen LogP) is 4.98. The first-order valence-corrected chi connectivity index (χ1v) is 17.5. The number of carbonyl (C=O) groups excluding carboxylic acids is 1. The largest absolute Gasteiger partial charge is 0.481 e. The summed E-state index contributed by atoms with van der Waals surface area (Å²) in [5, 5.41) is 17.3. The summed E-state index contributed by atoms with van der Waals surface area (Å²) in [5.41, 5.74) is -0.0676. The molecule has 14 heteroatoms. The molecular weight excluding hydrogens is 620 g/mol. The van der Waals surface area contributed by atoms with Crippen LogP contribution in [0, 0.1) is 0 Å². The molecule has 0 unspecified atom stereocenters. The molecule has 0 aliphatic carbocycles. The number of ketones is 1. The van der Waals surface area contributed by atoms with E-state index in [1.54, 1.807) is 0 Å². The molecule has 0 saturated heterocycles. The highest BCUT2D eigenvalue weighted by Crippen LogP contribution is 2.24. The minimum atomic E-state index is -3.95. The van der Waals surface area contributed by atoms with E-state index >= 15 is 0 Å². The molecule has 2 aromatic rings. The molecule has 0 saturated carbocycles. The van der Waals surface area contributed by atoms with E-state index < -0.39 is 37.8 Å². The molecule has 0 aliphatic heterocycles. The number of aliphatic carboxylic acids is 2. The van der Waals surface area contributed by atoms with Crippen LogP contribution in [0.15, 0.2) is 52.3 Å². The molecule has 2 aromatic carbocycles. The highest BCUT2D eigenvalue weighted by Gasteiger charge is 2.21. The molecule has 0 aromatic heterocycles. The van der Waals surface area contributed by atoms with Crippen molar-refractivity contribution in [1.82, 2.24) is 9.44 Å². The van der Waals surface area contributed by atoms with Gasteiger partial charge in [-0.05, 0) is 56.0 Å². The van der Waals surface area contributed by atoms with Crippen LogP contribution in [0.25, 0.3) is 0 Å². The summed E-state index contributed by atoms with van der Waals surface area (Å²) in [7, 11) is -7.87. The van der Waals surface area contributed by atoms with E-state index in [0.717, 1.165) is 44.6 Å². The van der Waals surface area contributed by atoms with Crippen molar-refractivity contribution in [3.63, 3.8) is 0 Å². The van der Waals surface area contributed by atoms with E-state index in [-0.39, 0.29) is 51.9 Å². The van der Waals surface area contributed by atoms with Gasteiger partial charge in [0.15, 0.2) is 5.78 Å². The van der Waals surface area contributed by atoms with Gasteiger partial charge < -0.3 is 10.2 Å². The van der Waals surface area contributed by atoms with E-state index in [9.17, 15) is 31.2 Å². The van der Waals surface area contributed by atoms with Crippen LogP contribution < -0.4 is 9.44 Å². The summed E-state index contributed by atoms with van der Waals surface area (Å²) in [5.74, 6) is -2.31. The maximum absolute atomic E-state index is 13.3. The number of halogens is 1. The van der Waals surface area contributed by atoms with Crippen LogP contribution in [0.1, 0.15) is 93.0 Å². The van der Waals surface area contributed by atoms with E-state index in [0.29, 0.717) is 25.7 Å². The Morgan fingerprint density at radius 2 is 1.09 bits per heavy atom. The summed E-state index contributed by atoms with van der Waals surface area (Å²) >= 11 is 6.24. The van der Waals surface area contributed by atoms with Crippen molar-refractivity contribution < 1.29 is 41.4 Å². The summed E-state index contributed by atoms with van der Waals surface area (Å²) in [6.07, 6.45) is 7.07. The predicted molar refractivity (Wildman–Crippen MR) is 162 cm³/mol. The van der Waals surface area contributed by atoms with E-state index in [4.69, 9.17) is 21.8 Å². The van der Waals surface area contributed by atoms with Crippen molar-refractivity contribution in [3.8, 4) is 0 Å². The highest BCUT2D eigenvalue weighted by molar-refractivity contribution is 7.89. The van der Waals surface area contributed by atoms with Crippen LogP contribution in [0.3, 0.4) is 0 Å². The number of unbranched alkanes of at least 4 members (excludes halogenated alkanes) is 8. The molecule has 238 valence electrons. The lowest BCUT2D eigenvalue weighted by Gasteiger charge is -2.11. The molecule has 11 nitrogen and oxygen atoms in total. The van der Waals surface area contributed by atoms with Gasteiger partial charge >= 0.3 is 11.9 Å². The van der Waals surface area contributed by atoms with Gasteiger partial charge in [-0.25, -0.2) is 26.3 Å². The van der Waals surface area contributed by atoms with E-state index in [1.807, 2.05) is 0 Å². The molecule has 0 fully saturated rings. The lowest BCUT2D eigenvalue weighted by Crippen LogP contribution is -2.25. The molecule has 0 aliphatic rings. The molecule has 0 spiro atoms. The van der Waals surface area contributed by atoms with Gasteiger partial charge in [-0.1, -0.05) is 62.3 Å². The fraction of sp³-hybridized carbons (Fsp3) is 0.483. The minimum Gasteiger partial charge on any atom is -0.481 e. The number of carbonyl (C=O) groups is 3. The molecule has 43 heavy (non-hydrogen) atoms. The van der Waals surface area contributed by atoms with Crippen molar-refractivity contribution in [2.45, 2.75) is 86.8 Å². The molecule has 0 bridgehead atoms. The van der Waals surface area contributed by atoms with E-state index in [1.165, 1.54) is 36.4 Å². The Hall–Kier alpha value is -2.84. The Bertz CT molecular complexity index is 1460. The summed E-state index contributed by atoms with van der Waals surface area (Å²) in [6, 6.07) is 9.15. The average molecular weight is 659 g/mol. The van der Waals surface area contributed by atoms with Crippen LogP contribution in [-0.4, -0.2) is 57.9 Å². The number of rotatable bonds is 22. The number of nitrogens with one attached hydrogen (secondary N) is 2. The molecule has 0 atom stereocenters. The first kappa shape index (κ1) is 36.4. The summed E-state index contributed by atoms with van der Waals surface area (Å²) < 4.78 is 56.3. The quantitative estimate of drug-likeness (QED) is 0.100. The number of benzene rings is 2. The Balaban J connectivity index is 1.97. The Labute approximate surface area is 258 Å². The van der Waals surface area contributed by atoms with Gasteiger partial charge in [0.05, 0.1) is 14.8 Å². The second-order valence-electron chi connectivity index (χ2n) is 10.1. The van der Waals surface area contributed by atoms with Gasteiger partial charge in [0.1, 0.15) is 0 Å². The zero-order valence-electron chi connectivity index (χ0n) is 23.9. The van der Waals surface area contributed by atoms with Crippen LogP contribution in [0.4, 0.5) is 0 Å². The smallest absolute Gasteiger partial charge is 0.303 e. The zero-order valence-corrected chi connectivity index (χ0v) is 26.3. The third kappa shape index (κ3) is 13.1. The molecule has 0 amide bonds. The SMILES string of the molecule is O=C(O)CCCCCCCNS(=O)(=O)c1cccc(C(=O)c2cc(S(=O)(=O)NCCCCCCCC(=O)O)ccc2Cl)c1. The second kappa shape index (κ2) is 18.1. The van der Waals surface area contributed by atoms with Gasteiger partial charge in [0.2, 0.25) is 20.0 Å². The maximum Gasteiger partial charge on any atom is 0.303 e. The average Bonchev–Trinajstić information content (AvgIpc) is 2.95. The topological polar surface area (TPSA) is 184 Å². The molecular formula is C29H39ClN2O9S2. The minimum absolute atomic E-state index is 0.0139. The van der Waals surface area contributed by atoms with Crippen molar-refractivity contribution in [1.29, 1.82) is 0 Å². The fourth-order valence-corrected chi connectivity index (χ4v) is 6.67. The fourth-order valence-electron chi connectivity index (χ4n) is 4.25. The Kier molecular flexibility index (Phi) is 15.3. The first-order chi connectivity index (χ1) is 20.3. The Morgan fingerprint density at radius 1 is 0.628 bits per heavy atom. The van der Waals surface area contributed by atoms with Crippen LogP contribution in [0.2, 0.25) is 5.02 Å². The molecule has 2 rings (SSSR count). The summed E-state index contributed by atoms with van der Waals surface area (Å²) in [4.78, 5) is 34.1. The third-order valence-electron chi connectivity index (χ3n) is 6.62. The summed E-state index contributed by atoms with van der Waals surface area (Å²) in [6.45, 7) is 0.355. The second-order valence-corrected chi connectivity index (χ2v) is 14.1. The molecule has 0 radical (unpaired) electrons. The Morgan fingerprint density at radius 3 is 1.60 bits per heavy atom. The standard InChI is InChI=1S/C29H39ClN2O9S2/c30-26-17-16-24(43(40,41)32-19-10-6-2-4-8-15-28(35)36)21-25(26)29(37)22-12-11-13-23(20-22)42(38,39)31-18-9-5-1-3-7-14-27(33)34/h11-13,16-17,20-21,31-32H,1-10,14-15,18-19H2,(H,33,34)(H,35,36). The lowest BCUT2D eigenvalue weighted by molar-refractivity contribution is -0.138. The number of hydrogen-bond donors (Lipinski definition) is 4. The van der Waals surface area contributed by atoms with Gasteiger partial charge in [-0.3, -0.25) is 14.4 Å². The normalized spacial score (nSPS) is 11.8. The molecule has 4 N–H and O–H groups in total.